The molecule has 4 aromatic carbocycles. The van der Waals surface area contributed by atoms with Crippen molar-refractivity contribution in [2.24, 2.45) is 11.3 Å². The zero-order valence-corrected chi connectivity index (χ0v) is 40.6. The van der Waals surface area contributed by atoms with E-state index < -0.39 is 20.9 Å². The SMILES string of the molecule is CC(C)CN1CCN(CC[C@H](CSc2ccccc2)Nc2ccc(S(=O)(=O)NC(=O)c3ccc(N4CCN(CC5=C(c6ccc(Cl)cc6)CCC(C)(C)C5)CC4)cc3)cc2[N+](=O)[O-])CC1. The maximum absolute atomic E-state index is 13.6. The summed E-state index contributed by atoms with van der Waals surface area (Å²) in [5, 5.41) is 16.6. The van der Waals surface area contributed by atoms with Crippen LogP contribution in [0.5, 0.6) is 0 Å². The molecule has 2 aliphatic heterocycles. The second-order valence-electron chi connectivity index (χ2n) is 18.9. The summed E-state index contributed by atoms with van der Waals surface area (Å²) >= 11 is 7.88. The Morgan fingerprint density at radius 1 is 0.862 bits per heavy atom. The summed E-state index contributed by atoms with van der Waals surface area (Å²) in [5.74, 6) is 0.465. The van der Waals surface area contributed by atoms with Gasteiger partial charge in [-0.1, -0.05) is 75.2 Å². The first-order valence-electron chi connectivity index (χ1n) is 22.9. The molecule has 1 atom stereocenters. The molecule has 15 heteroatoms. The molecule has 0 unspecified atom stereocenters. The minimum atomic E-state index is -4.44. The summed E-state index contributed by atoms with van der Waals surface area (Å²) in [6.07, 6.45) is 4.03. The highest BCUT2D eigenvalue weighted by atomic mass is 35.5. The molecule has 2 heterocycles. The minimum absolute atomic E-state index is 0.137. The molecule has 1 amide bonds. The van der Waals surface area contributed by atoms with Crippen LogP contribution in [0.15, 0.2) is 112 Å². The van der Waals surface area contributed by atoms with Gasteiger partial charge in [0.2, 0.25) is 0 Å². The average molecular weight is 943 g/mol. The predicted molar refractivity (Wildman–Crippen MR) is 266 cm³/mol. The Labute approximate surface area is 395 Å². The number of rotatable bonds is 18. The van der Waals surface area contributed by atoms with Gasteiger partial charge in [-0.25, -0.2) is 13.1 Å². The van der Waals surface area contributed by atoms with E-state index in [9.17, 15) is 23.3 Å². The highest BCUT2D eigenvalue weighted by Crippen LogP contribution is 2.43. The third-order valence-electron chi connectivity index (χ3n) is 12.8. The van der Waals surface area contributed by atoms with Crippen molar-refractivity contribution in [2.75, 3.05) is 88.0 Å². The number of nitro benzene ring substituents is 1. The molecular formula is C50H64ClN7O5S2. The van der Waals surface area contributed by atoms with Gasteiger partial charge in [-0.2, -0.15) is 0 Å². The maximum Gasteiger partial charge on any atom is 0.293 e. The van der Waals surface area contributed by atoms with Crippen LogP contribution in [-0.4, -0.2) is 118 Å². The Bertz CT molecular complexity index is 2380. The number of piperazine rings is 2. The maximum atomic E-state index is 13.6. The number of thioether (sulfide) groups is 1. The van der Waals surface area contributed by atoms with Crippen LogP contribution in [0.1, 0.15) is 69.3 Å². The fourth-order valence-corrected chi connectivity index (χ4v) is 11.3. The zero-order valence-electron chi connectivity index (χ0n) is 38.2. The molecule has 0 aromatic heterocycles. The van der Waals surface area contributed by atoms with Gasteiger partial charge >= 0.3 is 0 Å². The number of anilines is 2. The van der Waals surface area contributed by atoms with Crippen LogP contribution >= 0.6 is 23.4 Å². The Hall–Kier alpha value is -4.44. The van der Waals surface area contributed by atoms with Crippen LogP contribution in [0.25, 0.3) is 5.57 Å². The molecule has 0 saturated carbocycles. The first-order valence-corrected chi connectivity index (χ1v) is 25.7. The van der Waals surface area contributed by atoms with Crippen molar-refractivity contribution in [3.05, 3.63) is 129 Å². The lowest BCUT2D eigenvalue weighted by Crippen LogP contribution is -2.48. The van der Waals surface area contributed by atoms with Crippen molar-refractivity contribution >= 4 is 61.9 Å². The highest BCUT2D eigenvalue weighted by molar-refractivity contribution is 7.99. The summed E-state index contributed by atoms with van der Waals surface area (Å²) in [4.78, 5) is 35.7. The van der Waals surface area contributed by atoms with E-state index in [1.54, 1.807) is 23.9 Å². The van der Waals surface area contributed by atoms with Crippen molar-refractivity contribution in [2.45, 2.75) is 69.2 Å². The number of nitrogens with zero attached hydrogens (tertiary/aromatic N) is 5. The van der Waals surface area contributed by atoms with E-state index in [2.05, 4.69) is 69.5 Å². The topological polar surface area (TPSA) is 131 Å². The Morgan fingerprint density at radius 3 is 2.18 bits per heavy atom. The van der Waals surface area contributed by atoms with E-state index in [-0.39, 0.29) is 33.3 Å². The van der Waals surface area contributed by atoms with Crippen LogP contribution in [0, 0.1) is 21.4 Å². The molecule has 7 rings (SSSR count). The monoisotopic (exact) mass is 941 g/mol. The van der Waals surface area contributed by atoms with Gasteiger partial charge < -0.3 is 20.0 Å². The number of nitrogens with one attached hydrogen (secondary N) is 2. The molecule has 12 nitrogen and oxygen atoms in total. The summed E-state index contributed by atoms with van der Waals surface area (Å²) < 4.78 is 29.3. The lowest BCUT2D eigenvalue weighted by atomic mass is 9.73. The lowest BCUT2D eigenvalue weighted by Gasteiger charge is -2.39. The lowest BCUT2D eigenvalue weighted by molar-refractivity contribution is -0.384. The molecule has 2 N–H and O–H groups in total. The molecule has 348 valence electrons. The van der Waals surface area contributed by atoms with Crippen LogP contribution in [0.4, 0.5) is 17.1 Å². The Morgan fingerprint density at radius 2 is 1.52 bits per heavy atom. The number of benzene rings is 4. The Balaban J connectivity index is 0.956. The largest absolute Gasteiger partial charge is 0.376 e. The zero-order chi connectivity index (χ0) is 46.1. The number of amides is 1. The van der Waals surface area contributed by atoms with Gasteiger partial charge in [0.25, 0.3) is 21.6 Å². The second-order valence-corrected chi connectivity index (χ2v) is 22.1. The third kappa shape index (κ3) is 13.6. The van der Waals surface area contributed by atoms with E-state index in [1.807, 2.05) is 54.6 Å². The number of halogens is 1. The first-order chi connectivity index (χ1) is 31.1. The van der Waals surface area contributed by atoms with Gasteiger partial charge in [-0.15, -0.1) is 11.8 Å². The Kier molecular flexibility index (Phi) is 16.3. The molecular weight excluding hydrogens is 878 g/mol. The number of nitro groups is 1. The third-order valence-corrected chi connectivity index (χ3v) is 15.5. The molecule has 2 saturated heterocycles. The van der Waals surface area contributed by atoms with Crippen molar-refractivity contribution < 1.29 is 18.1 Å². The van der Waals surface area contributed by atoms with Crippen molar-refractivity contribution in [3.63, 3.8) is 0 Å². The molecule has 3 aliphatic rings. The number of allylic oxidation sites excluding steroid dienone is 1. The van der Waals surface area contributed by atoms with E-state index in [0.717, 1.165) is 119 Å². The fourth-order valence-electron chi connectivity index (χ4n) is 9.19. The smallest absolute Gasteiger partial charge is 0.293 e. The van der Waals surface area contributed by atoms with Crippen molar-refractivity contribution in [1.82, 2.24) is 19.4 Å². The van der Waals surface area contributed by atoms with Crippen LogP contribution in [0.3, 0.4) is 0 Å². The summed E-state index contributed by atoms with van der Waals surface area (Å²) in [6.45, 7) is 19.4. The standard InChI is InChI=1S/C50H64ClN7O5S2/c1-37(2)34-55-26-24-54(25-27-55)23-21-42(36-64-44-8-6-5-7-9-44)52-47-19-18-45(32-48(47)58(60)61)65(62,63)53-49(59)39-12-16-43(17-13-39)57-30-28-56(29-31-57)35-40-33-50(3,4)22-20-46(40)38-10-14-41(51)15-11-38/h5-19,32,37,42,52H,20-31,33-36H2,1-4H3,(H,53,59)/t42-/m1/s1. The number of carbonyl (C=O) groups is 1. The summed E-state index contributed by atoms with van der Waals surface area (Å²) in [5.41, 5.74) is 5.44. The number of hydrogen-bond acceptors (Lipinski definition) is 11. The predicted octanol–water partition coefficient (Wildman–Crippen LogP) is 9.39. The highest BCUT2D eigenvalue weighted by Gasteiger charge is 2.30. The van der Waals surface area contributed by atoms with E-state index in [4.69, 9.17) is 11.6 Å². The number of sulfonamides is 1. The van der Waals surface area contributed by atoms with Crippen LogP contribution < -0.4 is 14.9 Å². The van der Waals surface area contributed by atoms with Gasteiger partial charge in [-0.3, -0.25) is 19.8 Å². The van der Waals surface area contributed by atoms with E-state index in [0.29, 0.717) is 11.7 Å². The van der Waals surface area contributed by atoms with E-state index >= 15 is 0 Å². The number of hydrogen-bond donors (Lipinski definition) is 2. The van der Waals surface area contributed by atoms with E-state index in [1.165, 1.54) is 28.8 Å². The van der Waals surface area contributed by atoms with Crippen molar-refractivity contribution in [3.8, 4) is 0 Å². The van der Waals surface area contributed by atoms with Crippen LogP contribution in [-0.2, 0) is 10.0 Å². The number of carbonyl (C=O) groups excluding carboxylic acids is 1. The average Bonchev–Trinajstić information content (AvgIpc) is 3.28. The summed E-state index contributed by atoms with van der Waals surface area (Å²) in [6, 6.07) is 28.8. The second kappa shape index (κ2) is 21.9. The molecule has 65 heavy (non-hydrogen) atoms. The normalized spacial score (nSPS) is 18.2. The van der Waals surface area contributed by atoms with Gasteiger partial charge in [-0.05, 0) is 109 Å². The molecule has 4 aromatic rings. The van der Waals surface area contributed by atoms with Gasteiger partial charge in [0.1, 0.15) is 5.69 Å². The summed E-state index contributed by atoms with van der Waals surface area (Å²) in [7, 11) is -4.44. The fraction of sp³-hybridized carbons (Fsp3) is 0.460. The van der Waals surface area contributed by atoms with Crippen LogP contribution in [0.2, 0.25) is 5.02 Å². The van der Waals surface area contributed by atoms with Gasteiger partial charge in [0, 0.05) is 111 Å². The minimum Gasteiger partial charge on any atom is -0.376 e. The van der Waals surface area contributed by atoms with Gasteiger partial charge in [0.05, 0.1) is 9.82 Å². The first kappa shape index (κ1) is 48.5. The molecule has 0 bridgehead atoms. The molecule has 0 radical (unpaired) electrons. The van der Waals surface area contributed by atoms with Crippen molar-refractivity contribution in [1.29, 1.82) is 0 Å². The quantitative estimate of drug-likeness (QED) is 0.0562. The van der Waals surface area contributed by atoms with Gasteiger partial charge in [0.15, 0.2) is 0 Å². The molecule has 2 fully saturated rings. The molecule has 0 spiro atoms. The molecule has 1 aliphatic carbocycles.